The number of hydrogen-bond acceptors (Lipinski definition) is 5. The van der Waals surface area contributed by atoms with Crippen molar-refractivity contribution in [2.45, 2.75) is 25.8 Å². The van der Waals surface area contributed by atoms with Crippen molar-refractivity contribution < 1.29 is 4.74 Å². The minimum Gasteiger partial charge on any atom is -0.383 e. The SMILES string of the molecule is COCCn1ncc(NCCCCCSC)c(Cl)c1=O. The van der Waals surface area contributed by atoms with Crippen molar-refractivity contribution >= 4 is 29.1 Å². The van der Waals surface area contributed by atoms with Crippen molar-refractivity contribution in [1.82, 2.24) is 9.78 Å². The summed E-state index contributed by atoms with van der Waals surface area (Å²) in [5, 5.41) is 7.44. The van der Waals surface area contributed by atoms with Gasteiger partial charge in [-0.1, -0.05) is 18.0 Å². The zero-order valence-electron chi connectivity index (χ0n) is 12.0. The second kappa shape index (κ2) is 10.1. The molecule has 0 aliphatic carbocycles. The summed E-state index contributed by atoms with van der Waals surface area (Å²) in [6.07, 6.45) is 7.16. The molecule has 0 atom stereocenters. The number of ether oxygens (including phenoxy) is 1. The highest BCUT2D eigenvalue weighted by Gasteiger charge is 2.08. The molecule has 0 saturated carbocycles. The number of rotatable bonds is 10. The molecular weight excluding hydrogens is 298 g/mol. The van der Waals surface area contributed by atoms with Gasteiger partial charge in [0.2, 0.25) is 0 Å². The lowest BCUT2D eigenvalue weighted by atomic mass is 10.2. The highest BCUT2D eigenvalue weighted by atomic mass is 35.5. The van der Waals surface area contributed by atoms with E-state index in [9.17, 15) is 4.79 Å². The summed E-state index contributed by atoms with van der Waals surface area (Å²) in [5.41, 5.74) is 0.325. The van der Waals surface area contributed by atoms with Crippen LogP contribution in [0, 0.1) is 0 Å². The molecule has 5 nitrogen and oxygen atoms in total. The van der Waals surface area contributed by atoms with Gasteiger partial charge in [-0.25, -0.2) is 4.68 Å². The van der Waals surface area contributed by atoms with E-state index in [1.54, 1.807) is 13.3 Å². The first kappa shape index (κ1) is 17.3. The van der Waals surface area contributed by atoms with Crippen LogP contribution in [0.4, 0.5) is 5.69 Å². The number of methoxy groups -OCH3 is 1. The van der Waals surface area contributed by atoms with Gasteiger partial charge in [0.1, 0.15) is 5.02 Å². The zero-order valence-corrected chi connectivity index (χ0v) is 13.6. The van der Waals surface area contributed by atoms with Crippen LogP contribution >= 0.6 is 23.4 Å². The monoisotopic (exact) mass is 319 g/mol. The fourth-order valence-electron chi connectivity index (χ4n) is 1.70. The molecule has 0 aromatic carbocycles. The highest BCUT2D eigenvalue weighted by Crippen LogP contribution is 2.15. The fraction of sp³-hybridized carbons (Fsp3) is 0.692. The summed E-state index contributed by atoms with van der Waals surface area (Å²) in [4.78, 5) is 11.9. The maximum atomic E-state index is 11.9. The van der Waals surface area contributed by atoms with Crippen LogP contribution in [0.15, 0.2) is 11.0 Å². The molecule has 1 rings (SSSR count). The Labute approximate surface area is 129 Å². The maximum Gasteiger partial charge on any atom is 0.287 e. The van der Waals surface area contributed by atoms with Crippen LogP contribution in [-0.4, -0.2) is 42.1 Å². The number of unbranched alkanes of at least 4 members (excludes halogenated alkanes) is 2. The number of hydrogen-bond donors (Lipinski definition) is 1. The summed E-state index contributed by atoms with van der Waals surface area (Å²) in [6, 6.07) is 0. The van der Waals surface area contributed by atoms with Crippen molar-refractivity contribution in [3.63, 3.8) is 0 Å². The summed E-state index contributed by atoms with van der Waals surface area (Å²) in [7, 11) is 1.58. The largest absolute Gasteiger partial charge is 0.383 e. The average molecular weight is 320 g/mol. The van der Waals surface area contributed by atoms with E-state index in [4.69, 9.17) is 16.3 Å². The summed E-state index contributed by atoms with van der Waals surface area (Å²) in [5.74, 6) is 1.19. The molecule has 114 valence electrons. The van der Waals surface area contributed by atoms with E-state index in [0.29, 0.717) is 18.8 Å². The first-order chi connectivity index (χ1) is 9.70. The molecule has 7 heteroatoms. The van der Waals surface area contributed by atoms with Gasteiger partial charge in [0, 0.05) is 13.7 Å². The Morgan fingerprint density at radius 3 is 2.95 bits per heavy atom. The molecule has 0 saturated heterocycles. The molecule has 0 aliphatic heterocycles. The van der Waals surface area contributed by atoms with Gasteiger partial charge in [-0.05, 0) is 24.9 Å². The summed E-state index contributed by atoms with van der Waals surface area (Å²) >= 11 is 7.92. The quantitative estimate of drug-likeness (QED) is 0.671. The number of thioether (sulfide) groups is 1. The van der Waals surface area contributed by atoms with Gasteiger partial charge in [-0.3, -0.25) is 4.79 Å². The topological polar surface area (TPSA) is 56.1 Å². The van der Waals surface area contributed by atoms with Gasteiger partial charge < -0.3 is 10.1 Å². The lowest BCUT2D eigenvalue weighted by Gasteiger charge is -2.10. The van der Waals surface area contributed by atoms with Crippen LogP contribution in [0.25, 0.3) is 0 Å². The minimum absolute atomic E-state index is 0.195. The molecule has 0 spiro atoms. The van der Waals surface area contributed by atoms with E-state index in [0.717, 1.165) is 13.0 Å². The third-order valence-corrected chi connectivity index (χ3v) is 3.89. The van der Waals surface area contributed by atoms with Gasteiger partial charge >= 0.3 is 0 Å². The Kier molecular flexibility index (Phi) is 8.73. The standard InChI is InChI=1S/C13H22ClN3O2S/c1-19-8-7-17-13(18)12(14)11(10-16-17)15-6-4-3-5-9-20-2/h10,15H,3-9H2,1-2H3. The van der Waals surface area contributed by atoms with Crippen molar-refractivity contribution in [3.05, 3.63) is 21.6 Å². The van der Waals surface area contributed by atoms with Crippen LogP contribution in [0.1, 0.15) is 19.3 Å². The van der Waals surface area contributed by atoms with Crippen LogP contribution in [0.2, 0.25) is 5.02 Å². The molecule has 0 unspecified atom stereocenters. The van der Waals surface area contributed by atoms with E-state index in [1.165, 1.54) is 23.3 Å². The molecule has 0 bridgehead atoms. The Morgan fingerprint density at radius 2 is 2.25 bits per heavy atom. The lowest BCUT2D eigenvalue weighted by molar-refractivity contribution is 0.182. The Morgan fingerprint density at radius 1 is 1.45 bits per heavy atom. The molecule has 0 aliphatic rings. The predicted octanol–water partition coefficient (Wildman–Crippen LogP) is 2.49. The van der Waals surface area contributed by atoms with E-state index in [2.05, 4.69) is 16.7 Å². The third-order valence-electron chi connectivity index (χ3n) is 2.83. The summed E-state index contributed by atoms with van der Waals surface area (Å²) < 4.78 is 6.24. The van der Waals surface area contributed by atoms with Crippen LogP contribution in [0.5, 0.6) is 0 Å². The highest BCUT2D eigenvalue weighted by molar-refractivity contribution is 7.98. The Hall–Kier alpha value is -0.720. The number of nitrogens with zero attached hydrogens (tertiary/aromatic N) is 2. The third kappa shape index (κ3) is 5.73. The number of aromatic nitrogens is 2. The molecule has 1 heterocycles. The molecular formula is C13H22ClN3O2S. The molecule has 0 radical (unpaired) electrons. The van der Waals surface area contributed by atoms with Crippen molar-refractivity contribution in [3.8, 4) is 0 Å². The van der Waals surface area contributed by atoms with Crippen molar-refractivity contribution in [2.24, 2.45) is 0 Å². The average Bonchev–Trinajstić information content (AvgIpc) is 2.46. The minimum atomic E-state index is -0.281. The first-order valence-corrected chi connectivity index (χ1v) is 8.45. The van der Waals surface area contributed by atoms with Gasteiger partial charge in [0.05, 0.1) is 25.0 Å². The predicted molar refractivity (Wildman–Crippen MR) is 86.1 cm³/mol. The Balaban J connectivity index is 2.47. The molecule has 1 N–H and O–H groups in total. The number of halogens is 1. The fourth-order valence-corrected chi connectivity index (χ4v) is 2.40. The smallest absolute Gasteiger partial charge is 0.287 e. The zero-order chi connectivity index (χ0) is 14.8. The second-order valence-corrected chi connectivity index (χ2v) is 5.74. The number of nitrogens with one attached hydrogen (secondary N) is 1. The molecule has 1 aromatic heterocycles. The van der Waals surface area contributed by atoms with E-state index >= 15 is 0 Å². The van der Waals surface area contributed by atoms with Gasteiger partial charge in [0.25, 0.3) is 5.56 Å². The van der Waals surface area contributed by atoms with E-state index < -0.39 is 0 Å². The lowest BCUT2D eigenvalue weighted by Crippen LogP contribution is -2.26. The van der Waals surface area contributed by atoms with Gasteiger partial charge in [0.15, 0.2) is 0 Å². The molecule has 0 fully saturated rings. The maximum absolute atomic E-state index is 11.9. The van der Waals surface area contributed by atoms with Gasteiger partial charge in [-0.2, -0.15) is 16.9 Å². The van der Waals surface area contributed by atoms with Crippen LogP contribution in [0.3, 0.4) is 0 Å². The molecule has 0 amide bonds. The normalized spacial score (nSPS) is 10.8. The Bertz CT molecular complexity index is 454. The van der Waals surface area contributed by atoms with E-state index in [-0.39, 0.29) is 10.6 Å². The van der Waals surface area contributed by atoms with Crippen molar-refractivity contribution in [2.75, 3.05) is 37.6 Å². The van der Waals surface area contributed by atoms with Crippen molar-refractivity contribution in [1.29, 1.82) is 0 Å². The second-order valence-electron chi connectivity index (χ2n) is 4.37. The molecule has 20 heavy (non-hydrogen) atoms. The van der Waals surface area contributed by atoms with Gasteiger partial charge in [-0.15, -0.1) is 0 Å². The van der Waals surface area contributed by atoms with E-state index in [1.807, 2.05) is 11.8 Å². The van der Waals surface area contributed by atoms with Crippen LogP contribution in [-0.2, 0) is 11.3 Å². The first-order valence-electron chi connectivity index (χ1n) is 6.68. The number of anilines is 1. The summed E-state index contributed by atoms with van der Waals surface area (Å²) in [6.45, 7) is 1.65. The van der Waals surface area contributed by atoms with Crippen LogP contribution < -0.4 is 10.9 Å². The molecule has 1 aromatic rings.